The average Bonchev–Trinajstić information content (AvgIpc) is 2.83. The molecule has 0 bridgehead atoms. The zero-order chi connectivity index (χ0) is 13.5. The van der Waals surface area contributed by atoms with E-state index in [0.29, 0.717) is 6.61 Å². The minimum atomic E-state index is -0.457. The molecule has 5 heteroatoms. The van der Waals surface area contributed by atoms with E-state index >= 15 is 0 Å². The molecule has 104 valence electrons. The van der Waals surface area contributed by atoms with Gasteiger partial charge in [0.15, 0.2) is 0 Å². The molecule has 0 saturated heterocycles. The lowest BCUT2D eigenvalue weighted by Crippen LogP contribution is -2.33. The summed E-state index contributed by atoms with van der Waals surface area (Å²) in [5.41, 5.74) is 0. The third-order valence-corrected chi connectivity index (χ3v) is 3.52. The molecule has 5 nitrogen and oxygen atoms in total. The second-order valence-electron chi connectivity index (χ2n) is 4.50. The van der Waals surface area contributed by atoms with Crippen LogP contribution in [0.25, 0.3) is 0 Å². The summed E-state index contributed by atoms with van der Waals surface area (Å²) in [5.74, 6) is -1.14. The van der Waals surface area contributed by atoms with Gasteiger partial charge >= 0.3 is 11.9 Å². The predicted molar refractivity (Wildman–Crippen MR) is 64.9 cm³/mol. The second-order valence-corrected chi connectivity index (χ2v) is 4.50. The Labute approximate surface area is 108 Å². The Balaban J connectivity index is 2.74. The zero-order valence-corrected chi connectivity index (χ0v) is 11.3. The van der Waals surface area contributed by atoms with Crippen molar-refractivity contribution in [1.29, 1.82) is 0 Å². The van der Waals surface area contributed by atoms with Crippen LogP contribution in [0.5, 0.6) is 0 Å². The highest BCUT2D eigenvalue weighted by molar-refractivity contribution is 5.80. The molecule has 3 unspecified atom stereocenters. The van der Waals surface area contributed by atoms with Crippen LogP contribution < -0.4 is 0 Å². The van der Waals surface area contributed by atoms with Crippen molar-refractivity contribution in [3.63, 3.8) is 0 Å². The summed E-state index contributed by atoms with van der Waals surface area (Å²) in [6.07, 6.45) is 2.96. The number of hydrogen-bond donors (Lipinski definition) is 0. The molecule has 0 heterocycles. The van der Waals surface area contributed by atoms with Crippen LogP contribution in [0.4, 0.5) is 0 Å². The first kappa shape index (κ1) is 15.0. The largest absolute Gasteiger partial charge is 0.469 e. The van der Waals surface area contributed by atoms with Gasteiger partial charge in [0.2, 0.25) is 0 Å². The van der Waals surface area contributed by atoms with Crippen LogP contribution >= 0.6 is 0 Å². The van der Waals surface area contributed by atoms with E-state index in [1.54, 1.807) is 0 Å². The first-order chi connectivity index (χ1) is 8.63. The maximum absolute atomic E-state index is 11.8. The third-order valence-electron chi connectivity index (χ3n) is 3.52. The molecule has 3 atom stereocenters. The average molecular weight is 258 g/mol. The first-order valence-electron chi connectivity index (χ1n) is 6.40. The molecule has 1 aliphatic carbocycles. The number of carbonyl (C=O) groups is 2. The Morgan fingerprint density at radius 2 is 1.94 bits per heavy atom. The molecule has 0 spiro atoms. The van der Waals surface area contributed by atoms with Gasteiger partial charge in [-0.1, -0.05) is 6.42 Å². The Morgan fingerprint density at radius 3 is 2.50 bits per heavy atom. The molecule has 0 aromatic carbocycles. The van der Waals surface area contributed by atoms with Crippen LogP contribution in [0.15, 0.2) is 0 Å². The third kappa shape index (κ3) is 3.70. The van der Waals surface area contributed by atoms with E-state index in [1.807, 2.05) is 6.92 Å². The molecule has 0 N–H and O–H groups in total. The summed E-state index contributed by atoms with van der Waals surface area (Å²) in [6, 6.07) is 0. The SMILES string of the molecule is CCOC1CCCC1C(CC(=O)OC)C(=O)OC. The molecule has 1 rings (SSSR count). The lowest BCUT2D eigenvalue weighted by Gasteiger charge is -2.25. The molecule has 0 aliphatic heterocycles. The molecular formula is C13H22O5. The summed E-state index contributed by atoms with van der Waals surface area (Å²) in [5, 5.41) is 0. The maximum atomic E-state index is 11.8. The highest BCUT2D eigenvalue weighted by Gasteiger charge is 2.39. The second kappa shape index (κ2) is 7.36. The van der Waals surface area contributed by atoms with E-state index in [1.165, 1.54) is 14.2 Å². The maximum Gasteiger partial charge on any atom is 0.309 e. The number of esters is 2. The number of ether oxygens (including phenoxy) is 3. The van der Waals surface area contributed by atoms with E-state index in [-0.39, 0.29) is 30.4 Å². The van der Waals surface area contributed by atoms with Crippen molar-refractivity contribution in [3.8, 4) is 0 Å². The van der Waals surface area contributed by atoms with Gasteiger partial charge in [-0.15, -0.1) is 0 Å². The van der Waals surface area contributed by atoms with Gasteiger partial charge in [0.05, 0.1) is 32.7 Å². The number of hydrogen-bond acceptors (Lipinski definition) is 5. The van der Waals surface area contributed by atoms with Gasteiger partial charge in [-0.3, -0.25) is 9.59 Å². The van der Waals surface area contributed by atoms with Crippen LogP contribution in [-0.4, -0.2) is 38.9 Å². The van der Waals surface area contributed by atoms with Gasteiger partial charge in [0, 0.05) is 6.61 Å². The minimum Gasteiger partial charge on any atom is -0.469 e. The first-order valence-corrected chi connectivity index (χ1v) is 6.40. The molecule has 1 fully saturated rings. The molecule has 1 aliphatic rings. The summed E-state index contributed by atoms with van der Waals surface area (Å²) in [4.78, 5) is 23.2. The zero-order valence-electron chi connectivity index (χ0n) is 11.3. The van der Waals surface area contributed by atoms with Gasteiger partial charge < -0.3 is 14.2 Å². The summed E-state index contributed by atoms with van der Waals surface area (Å²) in [7, 11) is 2.67. The molecule has 0 radical (unpaired) electrons. The Morgan fingerprint density at radius 1 is 1.22 bits per heavy atom. The normalized spacial score (nSPS) is 24.6. The fourth-order valence-electron chi connectivity index (χ4n) is 2.66. The molecule has 0 amide bonds. The summed E-state index contributed by atoms with van der Waals surface area (Å²) >= 11 is 0. The molecular weight excluding hydrogens is 236 g/mol. The van der Waals surface area contributed by atoms with E-state index in [2.05, 4.69) is 4.74 Å². The molecule has 1 saturated carbocycles. The van der Waals surface area contributed by atoms with Gasteiger partial charge in [0.1, 0.15) is 0 Å². The number of carbonyl (C=O) groups excluding carboxylic acids is 2. The Kier molecular flexibility index (Phi) is 6.12. The van der Waals surface area contributed by atoms with E-state index in [0.717, 1.165) is 19.3 Å². The van der Waals surface area contributed by atoms with Gasteiger partial charge in [0.25, 0.3) is 0 Å². The topological polar surface area (TPSA) is 61.8 Å². The lowest BCUT2D eigenvalue weighted by molar-refractivity contribution is -0.156. The van der Waals surface area contributed by atoms with Crippen molar-refractivity contribution in [2.75, 3.05) is 20.8 Å². The summed E-state index contributed by atoms with van der Waals surface area (Å²) < 4.78 is 15.1. The van der Waals surface area contributed by atoms with Crippen molar-refractivity contribution in [1.82, 2.24) is 0 Å². The van der Waals surface area contributed by atoms with Crippen LogP contribution in [0.1, 0.15) is 32.6 Å². The highest BCUT2D eigenvalue weighted by Crippen LogP contribution is 2.36. The standard InChI is InChI=1S/C13H22O5/c1-4-18-11-7-5-6-9(11)10(13(15)17-3)8-12(14)16-2/h9-11H,4-8H2,1-3H3. The number of methoxy groups -OCH3 is 2. The molecule has 0 aromatic rings. The van der Waals surface area contributed by atoms with Crippen LogP contribution in [0, 0.1) is 11.8 Å². The minimum absolute atomic E-state index is 0.0451. The van der Waals surface area contributed by atoms with Crippen molar-refractivity contribution < 1.29 is 23.8 Å². The van der Waals surface area contributed by atoms with Crippen molar-refractivity contribution in [2.45, 2.75) is 38.7 Å². The van der Waals surface area contributed by atoms with Gasteiger partial charge in [-0.2, -0.15) is 0 Å². The van der Waals surface area contributed by atoms with Crippen molar-refractivity contribution in [2.24, 2.45) is 11.8 Å². The quantitative estimate of drug-likeness (QED) is 0.676. The smallest absolute Gasteiger partial charge is 0.309 e. The van der Waals surface area contributed by atoms with Crippen LogP contribution in [0.2, 0.25) is 0 Å². The predicted octanol–water partition coefficient (Wildman–Crippen LogP) is 1.54. The molecule has 18 heavy (non-hydrogen) atoms. The molecule has 0 aromatic heterocycles. The van der Waals surface area contributed by atoms with E-state index < -0.39 is 5.92 Å². The monoisotopic (exact) mass is 258 g/mol. The Bertz CT molecular complexity index is 289. The highest BCUT2D eigenvalue weighted by atomic mass is 16.5. The lowest BCUT2D eigenvalue weighted by atomic mass is 9.86. The number of rotatable bonds is 6. The van der Waals surface area contributed by atoms with Gasteiger partial charge in [-0.25, -0.2) is 0 Å². The Hall–Kier alpha value is -1.10. The van der Waals surface area contributed by atoms with Crippen LogP contribution in [0.3, 0.4) is 0 Å². The fraction of sp³-hybridized carbons (Fsp3) is 0.846. The van der Waals surface area contributed by atoms with E-state index in [4.69, 9.17) is 9.47 Å². The van der Waals surface area contributed by atoms with Crippen LogP contribution in [-0.2, 0) is 23.8 Å². The van der Waals surface area contributed by atoms with Crippen molar-refractivity contribution in [3.05, 3.63) is 0 Å². The fourth-order valence-corrected chi connectivity index (χ4v) is 2.66. The van der Waals surface area contributed by atoms with E-state index in [9.17, 15) is 9.59 Å². The van der Waals surface area contributed by atoms with Crippen molar-refractivity contribution >= 4 is 11.9 Å². The summed E-state index contributed by atoms with van der Waals surface area (Å²) in [6.45, 7) is 2.55. The van der Waals surface area contributed by atoms with Gasteiger partial charge in [-0.05, 0) is 25.7 Å².